The maximum Gasteiger partial charge on any atom is 0.237 e. The first-order valence-electron chi connectivity index (χ1n) is 3.10. The molecule has 1 amide bonds. The maximum atomic E-state index is 10.3. The van der Waals surface area contributed by atoms with Crippen molar-refractivity contribution in [1.29, 1.82) is 0 Å². The van der Waals surface area contributed by atoms with Crippen LogP contribution in [-0.2, 0) is 9.53 Å². The Hall–Kier alpha value is -1.06. The van der Waals surface area contributed by atoms with E-state index in [2.05, 4.69) is 10.5 Å². The number of carbonyl (C=O) groups excluding carboxylic acids is 1. The predicted octanol–water partition coefficient (Wildman–Crippen LogP) is 0.492. The molecule has 0 aliphatic carbocycles. The van der Waals surface area contributed by atoms with Gasteiger partial charge in [-0.2, -0.15) is 0 Å². The van der Waals surface area contributed by atoms with Crippen molar-refractivity contribution in [1.82, 2.24) is 5.43 Å². The molecule has 0 bridgehead atoms. The fraction of sp³-hybridized carbons (Fsp3) is 0.667. The van der Waals surface area contributed by atoms with E-state index in [-0.39, 0.29) is 5.91 Å². The normalized spacial score (nSPS) is 10.9. The summed E-state index contributed by atoms with van der Waals surface area (Å²) in [5, 5.41) is 3.61. The van der Waals surface area contributed by atoms with E-state index in [1.165, 1.54) is 6.92 Å². The van der Waals surface area contributed by atoms with Crippen molar-refractivity contribution in [2.24, 2.45) is 5.10 Å². The second-order valence-corrected chi connectivity index (χ2v) is 1.73. The number of hydrogen-bond acceptors (Lipinski definition) is 3. The summed E-state index contributed by atoms with van der Waals surface area (Å²) in [4.78, 5) is 10.3. The number of ether oxygens (including phenoxy) is 1. The minimum atomic E-state index is -0.195. The van der Waals surface area contributed by atoms with Gasteiger partial charge in [-0.3, -0.25) is 4.79 Å². The molecule has 0 spiro atoms. The minimum Gasteiger partial charge on any atom is -0.480 e. The van der Waals surface area contributed by atoms with Crippen LogP contribution in [-0.4, -0.2) is 18.4 Å². The van der Waals surface area contributed by atoms with Crippen LogP contribution < -0.4 is 5.43 Å². The molecule has 0 aromatic heterocycles. The maximum absolute atomic E-state index is 10.3. The van der Waals surface area contributed by atoms with Crippen LogP contribution in [0, 0.1) is 0 Å². The zero-order valence-corrected chi connectivity index (χ0v) is 6.47. The van der Waals surface area contributed by atoms with Gasteiger partial charge in [-0.25, -0.2) is 5.43 Å². The van der Waals surface area contributed by atoms with Crippen LogP contribution in [0.2, 0.25) is 0 Å². The van der Waals surface area contributed by atoms with E-state index in [1.54, 1.807) is 6.92 Å². The van der Waals surface area contributed by atoms with Gasteiger partial charge in [-0.15, -0.1) is 5.10 Å². The SMILES string of the molecule is CCOC(C)=NNC(C)=O. The second-order valence-electron chi connectivity index (χ2n) is 1.73. The first-order chi connectivity index (χ1) is 4.66. The van der Waals surface area contributed by atoms with E-state index in [0.29, 0.717) is 12.5 Å². The number of amides is 1. The Kier molecular flexibility index (Phi) is 4.28. The van der Waals surface area contributed by atoms with E-state index in [1.807, 2.05) is 6.92 Å². The van der Waals surface area contributed by atoms with Gasteiger partial charge in [0.2, 0.25) is 11.8 Å². The third-order valence-corrected chi connectivity index (χ3v) is 0.724. The Labute approximate surface area is 60.3 Å². The van der Waals surface area contributed by atoms with Crippen molar-refractivity contribution in [3.8, 4) is 0 Å². The number of hydrogen-bond donors (Lipinski definition) is 1. The Morgan fingerprint density at radius 1 is 1.60 bits per heavy atom. The summed E-state index contributed by atoms with van der Waals surface area (Å²) >= 11 is 0. The van der Waals surface area contributed by atoms with Crippen LogP contribution in [0.3, 0.4) is 0 Å². The molecule has 0 fully saturated rings. The van der Waals surface area contributed by atoms with E-state index >= 15 is 0 Å². The van der Waals surface area contributed by atoms with E-state index < -0.39 is 0 Å². The summed E-state index contributed by atoms with van der Waals surface area (Å²) in [5.41, 5.74) is 2.25. The second kappa shape index (κ2) is 4.78. The van der Waals surface area contributed by atoms with Crippen molar-refractivity contribution in [3.05, 3.63) is 0 Å². The zero-order valence-electron chi connectivity index (χ0n) is 6.47. The van der Waals surface area contributed by atoms with Gasteiger partial charge in [-0.1, -0.05) is 0 Å². The third-order valence-electron chi connectivity index (χ3n) is 0.724. The molecule has 0 unspecified atom stereocenters. The van der Waals surface area contributed by atoms with Gasteiger partial charge in [0.05, 0.1) is 6.61 Å². The van der Waals surface area contributed by atoms with Gasteiger partial charge < -0.3 is 4.74 Å². The first-order valence-corrected chi connectivity index (χ1v) is 3.10. The summed E-state index contributed by atoms with van der Waals surface area (Å²) in [6.07, 6.45) is 0. The van der Waals surface area contributed by atoms with E-state index in [0.717, 1.165) is 0 Å². The Balaban J connectivity index is 3.57. The highest BCUT2D eigenvalue weighted by Crippen LogP contribution is 1.77. The first kappa shape index (κ1) is 8.94. The topological polar surface area (TPSA) is 50.7 Å². The fourth-order valence-electron chi connectivity index (χ4n) is 0.399. The van der Waals surface area contributed by atoms with E-state index in [4.69, 9.17) is 4.74 Å². The minimum absolute atomic E-state index is 0.195. The molecular weight excluding hydrogens is 132 g/mol. The number of hydrazone groups is 1. The Morgan fingerprint density at radius 3 is 2.60 bits per heavy atom. The molecule has 0 aromatic carbocycles. The molecule has 0 heterocycles. The molecule has 0 aromatic rings. The van der Waals surface area contributed by atoms with Gasteiger partial charge in [0.25, 0.3) is 0 Å². The molecule has 58 valence electrons. The molecule has 0 aliphatic rings. The summed E-state index contributed by atoms with van der Waals surface area (Å²) < 4.78 is 4.93. The molecule has 10 heavy (non-hydrogen) atoms. The van der Waals surface area contributed by atoms with Crippen molar-refractivity contribution in [2.45, 2.75) is 20.8 Å². The van der Waals surface area contributed by atoms with Crippen LogP contribution in [0.1, 0.15) is 20.8 Å². The van der Waals surface area contributed by atoms with Gasteiger partial charge >= 0.3 is 0 Å². The number of nitrogens with one attached hydrogen (secondary N) is 1. The van der Waals surface area contributed by atoms with Gasteiger partial charge in [-0.05, 0) is 6.92 Å². The molecule has 0 radical (unpaired) electrons. The van der Waals surface area contributed by atoms with Crippen molar-refractivity contribution >= 4 is 11.8 Å². The lowest BCUT2D eigenvalue weighted by Gasteiger charge is -1.99. The summed E-state index contributed by atoms with van der Waals surface area (Å²) in [6.45, 7) is 5.49. The highest BCUT2D eigenvalue weighted by molar-refractivity contribution is 5.77. The molecule has 0 atom stereocenters. The molecular formula is C6H12N2O2. The van der Waals surface area contributed by atoms with Crippen molar-refractivity contribution < 1.29 is 9.53 Å². The highest BCUT2D eigenvalue weighted by atomic mass is 16.5. The molecule has 4 nitrogen and oxygen atoms in total. The molecule has 0 saturated heterocycles. The monoisotopic (exact) mass is 144 g/mol. The van der Waals surface area contributed by atoms with Crippen molar-refractivity contribution in [3.63, 3.8) is 0 Å². The quantitative estimate of drug-likeness (QED) is 0.348. The van der Waals surface area contributed by atoms with Gasteiger partial charge in [0.15, 0.2) is 0 Å². The largest absolute Gasteiger partial charge is 0.480 e. The summed E-state index contributed by atoms with van der Waals surface area (Å²) in [5.74, 6) is 0.275. The van der Waals surface area contributed by atoms with Crippen LogP contribution in [0.4, 0.5) is 0 Å². The highest BCUT2D eigenvalue weighted by Gasteiger charge is 1.88. The molecule has 0 aliphatic heterocycles. The van der Waals surface area contributed by atoms with Crippen LogP contribution in [0.15, 0.2) is 5.10 Å². The number of rotatable bonds is 2. The summed E-state index contributed by atoms with van der Waals surface area (Å²) in [6, 6.07) is 0. The fourth-order valence-corrected chi connectivity index (χ4v) is 0.399. The standard InChI is InChI=1S/C6H12N2O2/c1-4-10-6(3)8-7-5(2)9/h4H2,1-3H3,(H,7,9). The molecule has 4 heteroatoms. The van der Waals surface area contributed by atoms with Crippen LogP contribution in [0.5, 0.6) is 0 Å². The van der Waals surface area contributed by atoms with Crippen LogP contribution in [0.25, 0.3) is 0 Å². The van der Waals surface area contributed by atoms with Crippen LogP contribution >= 0.6 is 0 Å². The van der Waals surface area contributed by atoms with Crippen molar-refractivity contribution in [2.75, 3.05) is 6.61 Å². The van der Waals surface area contributed by atoms with Gasteiger partial charge in [0.1, 0.15) is 0 Å². The summed E-state index contributed by atoms with van der Waals surface area (Å²) in [7, 11) is 0. The lowest BCUT2D eigenvalue weighted by Crippen LogP contribution is -2.15. The number of carbonyl (C=O) groups is 1. The number of nitrogens with zero attached hydrogens (tertiary/aromatic N) is 1. The van der Waals surface area contributed by atoms with E-state index in [9.17, 15) is 4.79 Å². The molecule has 0 saturated carbocycles. The third kappa shape index (κ3) is 5.08. The van der Waals surface area contributed by atoms with Gasteiger partial charge in [0, 0.05) is 13.8 Å². The Bertz CT molecular complexity index is 143. The average molecular weight is 144 g/mol. The lowest BCUT2D eigenvalue weighted by molar-refractivity contribution is -0.118. The molecule has 1 N–H and O–H groups in total. The zero-order chi connectivity index (χ0) is 7.98. The molecule has 0 rings (SSSR count). The average Bonchev–Trinajstić information content (AvgIpc) is 1.85. The predicted molar refractivity (Wildman–Crippen MR) is 38.6 cm³/mol. The smallest absolute Gasteiger partial charge is 0.237 e. The Morgan fingerprint density at radius 2 is 2.20 bits per heavy atom. The lowest BCUT2D eigenvalue weighted by atomic mass is 10.7.